The first kappa shape index (κ1) is 28.3. The van der Waals surface area contributed by atoms with Crippen molar-refractivity contribution in [3.05, 3.63) is 0 Å². The Kier molecular flexibility index (Phi) is 14.2. The quantitative estimate of drug-likeness (QED) is 0.0987. The fourth-order valence-corrected chi connectivity index (χ4v) is 2.29. The number of hydrogen-bond donors (Lipinski definition) is 8. The van der Waals surface area contributed by atoms with E-state index in [1.165, 1.54) is 11.9 Å². The van der Waals surface area contributed by atoms with E-state index in [0.29, 0.717) is 43.7 Å². The van der Waals surface area contributed by atoms with Crippen molar-refractivity contribution in [1.29, 1.82) is 10.8 Å². The smallest absolute Gasteiger partial charge is 0.223 e. The molecule has 14 nitrogen and oxygen atoms in total. The van der Waals surface area contributed by atoms with E-state index >= 15 is 0 Å². The van der Waals surface area contributed by atoms with Crippen LogP contribution in [-0.4, -0.2) is 79.4 Å². The number of hydrogen-bond acceptors (Lipinski definition) is 7. The Morgan fingerprint density at radius 2 is 1.50 bits per heavy atom. The van der Waals surface area contributed by atoms with Gasteiger partial charge in [0.05, 0.1) is 6.54 Å². The van der Waals surface area contributed by atoms with Crippen LogP contribution >= 0.6 is 0 Å². The van der Waals surface area contributed by atoms with Crippen molar-refractivity contribution in [1.82, 2.24) is 15.5 Å². The Balaban J connectivity index is 4.57. The number of rotatable bonds is 12. The predicted molar refractivity (Wildman–Crippen MR) is 130 cm³/mol. The second-order valence-electron chi connectivity index (χ2n) is 6.75. The second kappa shape index (κ2) is 16.0. The van der Waals surface area contributed by atoms with Crippen LogP contribution in [0, 0.1) is 10.8 Å². The zero-order valence-electron chi connectivity index (χ0n) is 19.1. The van der Waals surface area contributed by atoms with E-state index in [9.17, 15) is 4.79 Å². The minimum Gasteiger partial charge on any atom is -0.370 e. The SMILES string of the molecule is CCC(=O)N(CCN=C(N)NC(N)=NCCCC(=N)CC(C)=N)CN=C(N)NC(N)=NC. The molecule has 0 aliphatic rings. The molecule has 32 heavy (non-hydrogen) atoms. The van der Waals surface area contributed by atoms with Crippen LogP contribution in [0.25, 0.3) is 0 Å². The highest BCUT2D eigenvalue weighted by Gasteiger charge is 2.10. The summed E-state index contributed by atoms with van der Waals surface area (Å²) in [6, 6.07) is 0. The summed E-state index contributed by atoms with van der Waals surface area (Å²) in [7, 11) is 1.50. The summed E-state index contributed by atoms with van der Waals surface area (Å²) >= 11 is 0. The number of amides is 1. The average molecular weight is 452 g/mol. The molecule has 1 amide bonds. The highest BCUT2D eigenvalue weighted by atomic mass is 16.2. The van der Waals surface area contributed by atoms with Crippen LogP contribution in [0.15, 0.2) is 20.0 Å². The van der Waals surface area contributed by atoms with Crippen LogP contribution in [0.2, 0.25) is 0 Å². The Labute approximate surface area is 188 Å². The standard InChI is InChI=1S/C18H37N13O/c1-4-14(32)31(11-28-18(24)29-15(21)25-3)9-8-27-17(23)30-16(22)26-7-5-6-13(20)10-12(2)19/h19-20H,4-11H2,1-3H3,(H5,21,24,25,28,29)(H5,22,23,26,27,30). The molecule has 0 aliphatic heterocycles. The molecule has 0 aromatic carbocycles. The van der Waals surface area contributed by atoms with Gasteiger partial charge in [-0.05, 0) is 19.8 Å². The maximum Gasteiger partial charge on any atom is 0.223 e. The first-order valence-corrected chi connectivity index (χ1v) is 10.1. The Morgan fingerprint density at radius 3 is 2.06 bits per heavy atom. The van der Waals surface area contributed by atoms with Gasteiger partial charge in [0, 0.05) is 44.4 Å². The molecule has 0 unspecified atom stereocenters. The summed E-state index contributed by atoms with van der Waals surface area (Å²) in [4.78, 5) is 29.6. The molecular formula is C18H37N13O. The van der Waals surface area contributed by atoms with Gasteiger partial charge in [0.1, 0.15) is 6.67 Å². The second-order valence-corrected chi connectivity index (χ2v) is 6.75. The molecule has 0 saturated carbocycles. The van der Waals surface area contributed by atoms with Crippen LogP contribution in [0.4, 0.5) is 0 Å². The molecule has 0 radical (unpaired) electrons. The molecule has 0 heterocycles. The van der Waals surface area contributed by atoms with E-state index in [-0.39, 0.29) is 49.5 Å². The van der Waals surface area contributed by atoms with E-state index in [1.54, 1.807) is 13.8 Å². The number of carbonyl (C=O) groups is 1. The molecule has 0 rings (SSSR count). The zero-order valence-corrected chi connectivity index (χ0v) is 19.1. The van der Waals surface area contributed by atoms with Crippen molar-refractivity contribution in [2.24, 2.45) is 42.9 Å². The molecule has 0 atom stereocenters. The normalized spacial score (nSPS) is 13.0. The predicted octanol–water partition coefficient (Wildman–Crippen LogP) is -1.52. The number of nitrogens with zero attached hydrogens (tertiary/aromatic N) is 5. The monoisotopic (exact) mass is 451 g/mol. The topological polar surface area (TPSA) is 246 Å². The van der Waals surface area contributed by atoms with Gasteiger partial charge < -0.3 is 38.7 Å². The molecule has 0 fully saturated rings. The van der Waals surface area contributed by atoms with Crippen molar-refractivity contribution in [2.75, 3.05) is 33.4 Å². The fraction of sp³-hybridized carbons (Fsp3) is 0.611. The van der Waals surface area contributed by atoms with Crippen molar-refractivity contribution >= 4 is 41.2 Å². The molecule has 0 aliphatic carbocycles. The number of nitrogens with two attached hydrogens (primary N) is 4. The number of aliphatic imine (C=N–C) groups is 4. The highest BCUT2D eigenvalue weighted by Crippen LogP contribution is 1.97. The Hall–Kier alpha value is -3.71. The maximum atomic E-state index is 12.1. The summed E-state index contributed by atoms with van der Waals surface area (Å²) < 4.78 is 0. The lowest BCUT2D eigenvalue weighted by Crippen LogP contribution is -2.43. The van der Waals surface area contributed by atoms with Crippen LogP contribution in [0.5, 0.6) is 0 Å². The van der Waals surface area contributed by atoms with Crippen LogP contribution < -0.4 is 33.6 Å². The Bertz CT molecular complexity index is 754. The lowest BCUT2D eigenvalue weighted by atomic mass is 10.1. The van der Waals surface area contributed by atoms with Gasteiger partial charge in [-0.2, -0.15) is 0 Å². The fourth-order valence-electron chi connectivity index (χ4n) is 2.29. The molecule has 0 saturated heterocycles. The molecule has 0 aromatic rings. The summed E-state index contributed by atoms with van der Waals surface area (Å²) in [6.07, 6.45) is 1.88. The number of guanidine groups is 4. The van der Waals surface area contributed by atoms with Gasteiger partial charge in [-0.3, -0.25) is 30.4 Å². The van der Waals surface area contributed by atoms with Gasteiger partial charge in [0.2, 0.25) is 5.91 Å². The summed E-state index contributed by atoms with van der Waals surface area (Å²) in [6.45, 7) is 4.36. The van der Waals surface area contributed by atoms with Gasteiger partial charge in [0.15, 0.2) is 23.8 Å². The third-order valence-electron chi connectivity index (χ3n) is 3.87. The first-order chi connectivity index (χ1) is 15.1. The third kappa shape index (κ3) is 14.3. The minimum atomic E-state index is -0.120. The first-order valence-electron chi connectivity index (χ1n) is 10.1. The molecule has 0 aromatic heterocycles. The zero-order chi connectivity index (χ0) is 24.5. The maximum absolute atomic E-state index is 12.1. The lowest BCUT2D eigenvalue weighted by Gasteiger charge is -2.19. The van der Waals surface area contributed by atoms with E-state index in [2.05, 4.69) is 30.6 Å². The Morgan fingerprint density at radius 1 is 0.938 bits per heavy atom. The summed E-state index contributed by atoms with van der Waals surface area (Å²) in [5.74, 6) is 0.214. The van der Waals surface area contributed by atoms with Crippen molar-refractivity contribution < 1.29 is 4.79 Å². The van der Waals surface area contributed by atoms with Crippen LogP contribution in [0.1, 0.15) is 39.5 Å². The van der Waals surface area contributed by atoms with Gasteiger partial charge in [-0.15, -0.1) is 0 Å². The van der Waals surface area contributed by atoms with Gasteiger partial charge in [-0.25, -0.2) is 4.99 Å². The number of carbonyl (C=O) groups excluding carboxylic acids is 1. The van der Waals surface area contributed by atoms with E-state index in [0.717, 1.165) is 0 Å². The molecule has 14 heteroatoms. The summed E-state index contributed by atoms with van der Waals surface area (Å²) in [5, 5.41) is 20.4. The molecular weight excluding hydrogens is 414 g/mol. The van der Waals surface area contributed by atoms with Crippen molar-refractivity contribution in [3.8, 4) is 0 Å². The highest BCUT2D eigenvalue weighted by molar-refractivity contribution is 6.00. The van der Waals surface area contributed by atoms with E-state index < -0.39 is 0 Å². The minimum absolute atomic E-state index is 0.0292. The van der Waals surface area contributed by atoms with Crippen LogP contribution in [0.3, 0.4) is 0 Å². The average Bonchev–Trinajstić information content (AvgIpc) is 2.72. The van der Waals surface area contributed by atoms with Gasteiger partial charge in [0.25, 0.3) is 0 Å². The third-order valence-corrected chi connectivity index (χ3v) is 3.87. The van der Waals surface area contributed by atoms with Crippen LogP contribution in [-0.2, 0) is 4.79 Å². The van der Waals surface area contributed by atoms with Gasteiger partial charge >= 0.3 is 0 Å². The molecule has 12 N–H and O–H groups in total. The largest absolute Gasteiger partial charge is 0.370 e. The van der Waals surface area contributed by atoms with Crippen molar-refractivity contribution in [2.45, 2.75) is 39.5 Å². The molecule has 180 valence electrons. The molecule has 0 spiro atoms. The summed E-state index contributed by atoms with van der Waals surface area (Å²) in [5.41, 5.74) is 23.7. The van der Waals surface area contributed by atoms with Gasteiger partial charge in [-0.1, -0.05) is 6.92 Å². The van der Waals surface area contributed by atoms with Crippen molar-refractivity contribution in [3.63, 3.8) is 0 Å². The van der Waals surface area contributed by atoms with E-state index in [4.69, 9.17) is 33.8 Å². The number of nitrogens with one attached hydrogen (secondary N) is 4. The van der Waals surface area contributed by atoms with E-state index in [1.807, 2.05) is 0 Å². The lowest BCUT2D eigenvalue weighted by molar-refractivity contribution is -0.130. The molecule has 0 bridgehead atoms.